The van der Waals surface area contributed by atoms with Gasteiger partial charge in [0.15, 0.2) is 0 Å². The van der Waals surface area contributed by atoms with E-state index in [0.29, 0.717) is 25.7 Å². The van der Waals surface area contributed by atoms with Gasteiger partial charge in [0.2, 0.25) is 0 Å². The summed E-state index contributed by atoms with van der Waals surface area (Å²) in [7, 11) is 3.28. The molecule has 0 aromatic carbocycles. The van der Waals surface area contributed by atoms with Crippen molar-refractivity contribution in [2.45, 2.75) is 156 Å². The number of esters is 2. The first-order valence-corrected chi connectivity index (χ1v) is 17.1. The number of alkyl carbamates (subject to hydrolysis) is 2. The van der Waals surface area contributed by atoms with Crippen molar-refractivity contribution in [3.05, 3.63) is 0 Å². The quantitative estimate of drug-likeness (QED) is 0.0825. The Hall–Kier alpha value is -1.82. The molecular weight excluding hydrogens is 580 g/mol. The van der Waals surface area contributed by atoms with Crippen molar-refractivity contribution in [1.82, 2.24) is 10.6 Å². The van der Waals surface area contributed by atoms with Gasteiger partial charge in [-0.15, -0.1) is 0 Å². The fourth-order valence-electron chi connectivity index (χ4n) is 3.39. The van der Waals surface area contributed by atoms with Crippen molar-refractivity contribution in [1.29, 1.82) is 0 Å². The van der Waals surface area contributed by atoms with Crippen LogP contribution in [0.1, 0.15) is 122 Å². The largest absolute Gasteiger partial charge is 0.460 e. The van der Waals surface area contributed by atoms with Gasteiger partial charge in [0.1, 0.15) is 22.4 Å². The first-order valence-electron chi connectivity index (χ1n) is 14.6. The Morgan fingerprint density at radius 2 is 0.786 bits per heavy atom. The molecule has 0 spiro atoms. The average Bonchev–Trinajstić information content (AvgIpc) is 2.72. The molecule has 246 valence electrons. The van der Waals surface area contributed by atoms with Crippen LogP contribution in [0.5, 0.6) is 0 Å². The van der Waals surface area contributed by atoms with Gasteiger partial charge in [0.05, 0.1) is 0 Å². The van der Waals surface area contributed by atoms with Crippen LogP contribution >= 0.6 is 21.6 Å². The third-order valence-corrected chi connectivity index (χ3v) is 7.33. The van der Waals surface area contributed by atoms with E-state index >= 15 is 0 Å². The molecular formula is C30H56N2O8S2. The van der Waals surface area contributed by atoms with Crippen LogP contribution in [0.25, 0.3) is 0 Å². The number of ether oxygens (including phenoxy) is 4. The lowest BCUT2D eigenvalue weighted by Gasteiger charge is -2.25. The lowest BCUT2D eigenvalue weighted by Crippen LogP contribution is -2.40. The second-order valence-electron chi connectivity index (χ2n) is 14.2. The number of nitrogens with one attached hydrogen (secondary N) is 2. The van der Waals surface area contributed by atoms with Crippen LogP contribution in [0.2, 0.25) is 0 Å². The molecule has 0 aliphatic heterocycles. The molecule has 0 unspecified atom stereocenters. The summed E-state index contributed by atoms with van der Waals surface area (Å²) in [5.74, 6) is 0.828. The Bertz CT molecular complexity index is 785. The predicted molar refractivity (Wildman–Crippen MR) is 171 cm³/mol. The molecule has 0 aromatic rings. The van der Waals surface area contributed by atoms with Gasteiger partial charge < -0.3 is 29.6 Å². The van der Waals surface area contributed by atoms with E-state index in [2.05, 4.69) is 10.6 Å². The molecule has 0 fully saturated rings. The van der Waals surface area contributed by atoms with E-state index in [-0.39, 0.29) is 36.9 Å². The molecule has 0 radical (unpaired) electrons. The second kappa shape index (κ2) is 18.1. The number of hydrogen-bond acceptors (Lipinski definition) is 10. The third kappa shape index (κ3) is 25.9. The van der Waals surface area contributed by atoms with Crippen molar-refractivity contribution in [3.63, 3.8) is 0 Å². The van der Waals surface area contributed by atoms with Crippen molar-refractivity contribution in [2.24, 2.45) is 0 Å². The molecule has 0 aromatic heterocycles. The molecule has 0 aliphatic carbocycles. The summed E-state index contributed by atoms with van der Waals surface area (Å²) in [5, 5.41) is 5.78. The van der Waals surface area contributed by atoms with Gasteiger partial charge in [-0.2, -0.15) is 0 Å². The SMILES string of the molecule is CC(C)(C)OC(=O)CC[C@@H](CCSSCC[C@H](CCC(=O)OC(C)(C)C)NC(=O)OC(C)(C)C)NC(=O)OC(C)(C)C. The van der Waals surface area contributed by atoms with Crippen LogP contribution in [-0.2, 0) is 28.5 Å². The maximum Gasteiger partial charge on any atom is 0.407 e. The van der Waals surface area contributed by atoms with Crippen molar-refractivity contribution < 1.29 is 38.1 Å². The van der Waals surface area contributed by atoms with Gasteiger partial charge in [-0.3, -0.25) is 9.59 Å². The predicted octanol–water partition coefficient (Wildman–Crippen LogP) is 7.18. The zero-order valence-corrected chi connectivity index (χ0v) is 29.5. The highest BCUT2D eigenvalue weighted by atomic mass is 33.1. The Labute approximate surface area is 261 Å². The van der Waals surface area contributed by atoms with Crippen LogP contribution in [0.15, 0.2) is 0 Å². The third-order valence-electron chi connectivity index (χ3n) is 4.86. The van der Waals surface area contributed by atoms with Crippen molar-refractivity contribution >= 4 is 45.7 Å². The van der Waals surface area contributed by atoms with Gasteiger partial charge >= 0.3 is 24.1 Å². The highest BCUT2D eigenvalue weighted by molar-refractivity contribution is 8.76. The minimum atomic E-state index is -0.627. The smallest absolute Gasteiger partial charge is 0.407 e. The summed E-state index contributed by atoms with van der Waals surface area (Å²) < 4.78 is 21.6. The fourth-order valence-corrected chi connectivity index (χ4v) is 5.68. The van der Waals surface area contributed by atoms with Gasteiger partial charge in [0, 0.05) is 36.4 Å². The van der Waals surface area contributed by atoms with Crippen LogP contribution in [0, 0.1) is 0 Å². The Kier molecular flexibility index (Phi) is 17.3. The first kappa shape index (κ1) is 40.2. The summed E-state index contributed by atoms with van der Waals surface area (Å²) in [6, 6.07) is -0.508. The van der Waals surface area contributed by atoms with Gasteiger partial charge in [0.25, 0.3) is 0 Å². The van der Waals surface area contributed by atoms with Gasteiger partial charge in [-0.25, -0.2) is 9.59 Å². The molecule has 42 heavy (non-hydrogen) atoms. The first-order chi connectivity index (χ1) is 18.9. The average molecular weight is 637 g/mol. The summed E-state index contributed by atoms with van der Waals surface area (Å²) in [5.41, 5.74) is -2.39. The van der Waals surface area contributed by atoms with E-state index in [9.17, 15) is 19.2 Å². The van der Waals surface area contributed by atoms with Crippen LogP contribution < -0.4 is 10.6 Å². The number of carbonyl (C=O) groups is 4. The van der Waals surface area contributed by atoms with E-state index in [1.807, 2.05) is 41.5 Å². The molecule has 2 atom stereocenters. The molecule has 2 N–H and O–H groups in total. The van der Waals surface area contributed by atoms with Gasteiger partial charge in [-0.1, -0.05) is 21.6 Å². The maximum absolute atomic E-state index is 12.4. The summed E-state index contributed by atoms with van der Waals surface area (Å²) in [6.07, 6.45) is 1.48. The normalized spacial score (nSPS) is 13.9. The lowest BCUT2D eigenvalue weighted by atomic mass is 10.1. The van der Waals surface area contributed by atoms with Crippen molar-refractivity contribution in [3.8, 4) is 0 Å². The van der Waals surface area contributed by atoms with Crippen molar-refractivity contribution in [2.75, 3.05) is 11.5 Å². The number of hydrogen-bond donors (Lipinski definition) is 2. The van der Waals surface area contributed by atoms with E-state index in [0.717, 1.165) is 11.5 Å². The monoisotopic (exact) mass is 636 g/mol. The number of amides is 2. The molecule has 0 bridgehead atoms. The lowest BCUT2D eigenvalue weighted by molar-refractivity contribution is -0.156. The Balaban J connectivity index is 4.92. The number of carbonyl (C=O) groups excluding carboxylic acids is 4. The molecule has 10 nitrogen and oxygen atoms in total. The minimum Gasteiger partial charge on any atom is -0.460 e. The molecule has 12 heteroatoms. The van der Waals surface area contributed by atoms with Crippen LogP contribution in [0.4, 0.5) is 9.59 Å². The molecule has 2 amide bonds. The van der Waals surface area contributed by atoms with Crippen LogP contribution in [-0.4, -0.2) is 70.1 Å². The van der Waals surface area contributed by atoms with E-state index in [1.165, 1.54) is 0 Å². The second-order valence-corrected chi connectivity index (χ2v) is 16.9. The zero-order valence-electron chi connectivity index (χ0n) is 27.9. The molecule has 0 rings (SSSR count). The molecule has 0 heterocycles. The van der Waals surface area contributed by atoms with E-state index in [1.54, 1.807) is 63.1 Å². The summed E-state index contributed by atoms with van der Waals surface area (Å²) in [6.45, 7) is 21.7. The van der Waals surface area contributed by atoms with Gasteiger partial charge in [-0.05, 0) is 109 Å². The van der Waals surface area contributed by atoms with E-state index in [4.69, 9.17) is 18.9 Å². The Morgan fingerprint density at radius 3 is 1.05 bits per heavy atom. The highest BCUT2D eigenvalue weighted by Gasteiger charge is 2.24. The summed E-state index contributed by atoms with van der Waals surface area (Å²) in [4.78, 5) is 49.2. The van der Waals surface area contributed by atoms with Crippen LogP contribution in [0.3, 0.4) is 0 Å². The topological polar surface area (TPSA) is 129 Å². The molecule has 0 aliphatic rings. The Morgan fingerprint density at radius 1 is 0.500 bits per heavy atom. The molecule has 0 saturated heterocycles. The maximum atomic E-state index is 12.4. The summed E-state index contributed by atoms with van der Waals surface area (Å²) >= 11 is 0. The van der Waals surface area contributed by atoms with E-state index < -0.39 is 34.6 Å². The highest BCUT2D eigenvalue weighted by Crippen LogP contribution is 2.26. The number of rotatable bonds is 15. The zero-order chi connectivity index (χ0) is 32.8. The standard InChI is InChI=1S/C30H56N2O8S2/c1-27(2,3)37-23(33)15-13-21(31-25(35)39-29(7,8)9)17-19-41-42-20-18-22(32-26(36)40-30(10,11)12)14-16-24(34)38-28(4,5)6/h21-22H,13-20H2,1-12H3,(H,31,35)(H,32,36)/t21-,22-/m0/s1. The minimum absolute atomic E-state index is 0.186. The fraction of sp³-hybridized carbons (Fsp3) is 0.867. The molecule has 0 saturated carbocycles.